The fourth-order valence-electron chi connectivity index (χ4n) is 3.21. The largest absolute Gasteiger partial charge is 0.493 e. The van der Waals surface area contributed by atoms with Gasteiger partial charge in [0, 0.05) is 17.8 Å². The lowest BCUT2D eigenvalue weighted by atomic mass is 10.1. The van der Waals surface area contributed by atoms with Crippen LogP contribution in [0.5, 0.6) is 17.2 Å². The summed E-state index contributed by atoms with van der Waals surface area (Å²) in [7, 11) is -2.12. The Morgan fingerprint density at radius 3 is 2.57 bits per heavy atom. The van der Waals surface area contributed by atoms with Crippen molar-refractivity contribution in [1.29, 1.82) is 5.26 Å². The summed E-state index contributed by atoms with van der Waals surface area (Å²) in [5, 5.41) is 11.4. The molecule has 0 bridgehead atoms. The molecular formula is C25H26N4O6S2. The Morgan fingerprint density at radius 2 is 1.92 bits per heavy atom. The predicted molar refractivity (Wildman–Crippen MR) is 140 cm³/mol. The highest BCUT2D eigenvalue weighted by molar-refractivity contribution is 7.90. The number of aryl methyl sites for hydroxylation is 2. The highest BCUT2D eigenvalue weighted by Gasteiger charge is 2.18. The molecule has 0 saturated heterocycles. The number of rotatable bonds is 11. The van der Waals surface area contributed by atoms with E-state index in [1.165, 1.54) is 18.7 Å². The van der Waals surface area contributed by atoms with Gasteiger partial charge in [-0.15, -0.1) is 0 Å². The van der Waals surface area contributed by atoms with Crippen molar-refractivity contribution in [3.63, 3.8) is 0 Å². The lowest BCUT2D eigenvalue weighted by Crippen LogP contribution is -2.13. The minimum absolute atomic E-state index is 0.0355. The van der Waals surface area contributed by atoms with Crippen LogP contribution in [-0.4, -0.2) is 50.3 Å². The fourth-order valence-corrected chi connectivity index (χ4v) is 4.65. The van der Waals surface area contributed by atoms with Gasteiger partial charge in [0.15, 0.2) is 11.5 Å². The molecule has 1 amide bonds. The number of methoxy groups -OCH3 is 1. The number of sulfone groups is 1. The number of anilines is 1. The van der Waals surface area contributed by atoms with Crippen LogP contribution in [0.2, 0.25) is 0 Å². The summed E-state index contributed by atoms with van der Waals surface area (Å²) in [4.78, 5) is 16.3. The molecule has 0 aliphatic heterocycles. The lowest BCUT2D eigenvalue weighted by Gasteiger charge is -2.13. The Balaban J connectivity index is 1.64. The molecule has 37 heavy (non-hydrogen) atoms. The van der Waals surface area contributed by atoms with E-state index in [-0.39, 0.29) is 17.3 Å². The van der Waals surface area contributed by atoms with Crippen molar-refractivity contribution in [2.45, 2.75) is 25.4 Å². The second-order valence-corrected chi connectivity index (χ2v) is 10.6. The van der Waals surface area contributed by atoms with Crippen LogP contribution in [0.4, 0.5) is 5.13 Å². The van der Waals surface area contributed by atoms with Crippen molar-refractivity contribution in [2.24, 2.45) is 0 Å². The number of benzene rings is 2. The molecule has 2 aromatic carbocycles. The van der Waals surface area contributed by atoms with Crippen molar-refractivity contribution in [3.05, 3.63) is 58.7 Å². The van der Waals surface area contributed by atoms with Crippen molar-refractivity contribution in [3.8, 4) is 23.3 Å². The van der Waals surface area contributed by atoms with Crippen LogP contribution in [0.1, 0.15) is 23.6 Å². The highest BCUT2D eigenvalue weighted by atomic mass is 32.2. The number of nitriles is 1. The Bertz CT molecular complexity index is 1460. The third-order valence-electron chi connectivity index (χ3n) is 4.95. The Hall–Kier alpha value is -3.95. The molecule has 194 valence electrons. The maximum absolute atomic E-state index is 12.5. The summed E-state index contributed by atoms with van der Waals surface area (Å²) in [5.41, 5.74) is 2.64. The number of carbonyl (C=O) groups excluding carboxylic acids is 1. The monoisotopic (exact) mass is 542 g/mol. The molecule has 3 aromatic rings. The SMILES string of the molecule is CCc1cc(C)cc(OCCOc2ccc(/C=C(/C#N)C(=O)Nc3nc(S(C)(=O)=O)ns3)cc2OC)c1. The summed E-state index contributed by atoms with van der Waals surface area (Å²) >= 11 is 0.702. The van der Waals surface area contributed by atoms with E-state index in [1.54, 1.807) is 18.2 Å². The molecule has 1 heterocycles. The molecule has 0 aliphatic carbocycles. The first kappa shape index (κ1) is 27.6. The van der Waals surface area contributed by atoms with Crippen LogP contribution in [0.3, 0.4) is 0 Å². The van der Waals surface area contributed by atoms with Crippen molar-refractivity contribution in [2.75, 3.05) is 31.9 Å². The summed E-state index contributed by atoms with van der Waals surface area (Å²) in [6, 6.07) is 12.9. The third kappa shape index (κ3) is 7.77. The predicted octanol–water partition coefficient (Wildman–Crippen LogP) is 3.82. The Kier molecular flexibility index (Phi) is 9.21. The molecule has 1 N–H and O–H groups in total. The number of amides is 1. The molecule has 0 radical (unpaired) electrons. The number of nitrogens with zero attached hydrogens (tertiary/aromatic N) is 3. The van der Waals surface area contributed by atoms with Crippen LogP contribution in [0.25, 0.3) is 6.08 Å². The zero-order chi connectivity index (χ0) is 27.0. The van der Waals surface area contributed by atoms with E-state index in [9.17, 15) is 18.5 Å². The maximum atomic E-state index is 12.5. The average Bonchev–Trinajstić information content (AvgIpc) is 3.34. The normalized spacial score (nSPS) is 11.5. The molecule has 0 saturated carbocycles. The van der Waals surface area contributed by atoms with Crippen LogP contribution >= 0.6 is 11.5 Å². The fraction of sp³-hybridized carbons (Fsp3) is 0.280. The van der Waals surface area contributed by atoms with E-state index in [1.807, 2.05) is 25.1 Å². The van der Waals surface area contributed by atoms with Gasteiger partial charge in [-0.3, -0.25) is 10.1 Å². The van der Waals surface area contributed by atoms with Crippen molar-refractivity contribution < 1.29 is 27.4 Å². The van der Waals surface area contributed by atoms with Gasteiger partial charge in [-0.2, -0.15) is 14.6 Å². The van der Waals surface area contributed by atoms with E-state index in [0.29, 0.717) is 35.2 Å². The van der Waals surface area contributed by atoms with E-state index in [0.717, 1.165) is 24.0 Å². The molecule has 10 nitrogen and oxygen atoms in total. The van der Waals surface area contributed by atoms with E-state index < -0.39 is 20.9 Å². The summed E-state index contributed by atoms with van der Waals surface area (Å²) in [6.07, 6.45) is 3.25. The Morgan fingerprint density at radius 1 is 1.16 bits per heavy atom. The quantitative estimate of drug-likeness (QED) is 0.217. The van der Waals surface area contributed by atoms with E-state index in [2.05, 4.69) is 27.7 Å². The third-order valence-corrected chi connectivity index (χ3v) is 6.54. The number of aromatic nitrogens is 2. The van der Waals surface area contributed by atoms with Crippen LogP contribution in [0, 0.1) is 18.3 Å². The first-order valence-electron chi connectivity index (χ1n) is 11.1. The molecule has 0 atom stereocenters. The number of hydrogen-bond acceptors (Lipinski definition) is 10. The average molecular weight is 543 g/mol. The minimum Gasteiger partial charge on any atom is -0.493 e. The Labute approximate surface area is 219 Å². The topological polar surface area (TPSA) is 140 Å². The molecule has 0 spiro atoms. The minimum atomic E-state index is -3.61. The second-order valence-electron chi connectivity index (χ2n) is 7.89. The number of carbonyl (C=O) groups is 1. The zero-order valence-corrected chi connectivity index (χ0v) is 22.4. The summed E-state index contributed by atoms with van der Waals surface area (Å²) in [5.74, 6) is 0.929. The molecule has 12 heteroatoms. The molecular weight excluding hydrogens is 516 g/mol. The first-order valence-corrected chi connectivity index (χ1v) is 13.8. The van der Waals surface area contributed by atoms with Crippen LogP contribution < -0.4 is 19.5 Å². The zero-order valence-electron chi connectivity index (χ0n) is 20.8. The van der Waals surface area contributed by atoms with Gasteiger partial charge in [-0.05, 0) is 60.4 Å². The smallest absolute Gasteiger partial charge is 0.268 e. The van der Waals surface area contributed by atoms with E-state index >= 15 is 0 Å². The van der Waals surface area contributed by atoms with Gasteiger partial charge in [0.1, 0.15) is 30.6 Å². The van der Waals surface area contributed by atoms with Crippen molar-refractivity contribution >= 4 is 38.5 Å². The van der Waals surface area contributed by atoms with Crippen LogP contribution in [-0.2, 0) is 21.1 Å². The van der Waals surface area contributed by atoms with Gasteiger partial charge in [0.05, 0.1) is 7.11 Å². The number of ether oxygens (including phenoxy) is 3. The molecule has 0 fully saturated rings. The molecule has 0 aliphatic rings. The second kappa shape index (κ2) is 12.3. The van der Waals surface area contributed by atoms with Gasteiger partial charge < -0.3 is 14.2 Å². The van der Waals surface area contributed by atoms with Gasteiger partial charge in [0.2, 0.25) is 15.0 Å². The van der Waals surface area contributed by atoms with Gasteiger partial charge in [-0.25, -0.2) is 8.42 Å². The molecule has 0 unspecified atom stereocenters. The summed E-state index contributed by atoms with van der Waals surface area (Å²) in [6.45, 7) is 4.73. The highest BCUT2D eigenvalue weighted by Crippen LogP contribution is 2.29. The lowest BCUT2D eigenvalue weighted by molar-refractivity contribution is -0.112. The molecule has 1 aromatic heterocycles. The van der Waals surface area contributed by atoms with Crippen molar-refractivity contribution in [1.82, 2.24) is 9.36 Å². The first-order chi connectivity index (χ1) is 17.6. The summed E-state index contributed by atoms with van der Waals surface area (Å²) < 4.78 is 43.7. The standard InChI is InChI=1S/C25H26N4O6S2/c1-5-17-10-16(2)11-20(13-17)34-8-9-35-21-7-6-18(14-22(21)33-3)12-19(15-26)23(30)27-24-28-25(29-36-24)37(4,31)32/h6-7,10-14H,5,8-9H2,1-4H3,(H,27,28,29,30)/b19-12-. The maximum Gasteiger partial charge on any atom is 0.268 e. The van der Waals surface area contributed by atoms with Crippen LogP contribution in [0.15, 0.2) is 47.1 Å². The van der Waals surface area contributed by atoms with Gasteiger partial charge in [0.25, 0.3) is 11.1 Å². The molecule has 3 rings (SSSR count). The van der Waals surface area contributed by atoms with E-state index in [4.69, 9.17) is 14.2 Å². The number of hydrogen-bond donors (Lipinski definition) is 1. The number of nitrogens with one attached hydrogen (secondary N) is 1. The van der Waals surface area contributed by atoms with Gasteiger partial charge in [-0.1, -0.05) is 19.1 Å². The van der Waals surface area contributed by atoms with Gasteiger partial charge >= 0.3 is 0 Å².